The average Bonchev–Trinajstić information content (AvgIpc) is 3.18. The molecular formula is C16H18N2O3. The summed E-state index contributed by atoms with van der Waals surface area (Å²) in [5.74, 6) is 1.18. The standard InChI is InChI=1S/C16H18N2O3/c1-18(12-9-10-17-11-12)16(19)14-7-8-15(21-14)20-13-5-3-2-4-6-13/h2-8,12,17H,9-11H2,1H3. The number of nitrogens with zero attached hydrogens (tertiary/aromatic N) is 1. The van der Waals surface area contributed by atoms with Crippen LogP contribution in [0, 0.1) is 0 Å². The number of amides is 1. The fourth-order valence-corrected chi connectivity index (χ4v) is 2.40. The average molecular weight is 286 g/mol. The maximum atomic E-state index is 12.3. The molecule has 0 radical (unpaired) electrons. The summed E-state index contributed by atoms with van der Waals surface area (Å²) in [5, 5.41) is 3.25. The summed E-state index contributed by atoms with van der Waals surface area (Å²) >= 11 is 0. The minimum atomic E-state index is -0.119. The van der Waals surface area contributed by atoms with Gasteiger partial charge in [-0.05, 0) is 31.2 Å². The number of hydrogen-bond acceptors (Lipinski definition) is 4. The van der Waals surface area contributed by atoms with Gasteiger partial charge in [-0.1, -0.05) is 18.2 Å². The van der Waals surface area contributed by atoms with Crippen LogP contribution < -0.4 is 10.1 Å². The van der Waals surface area contributed by atoms with Crippen LogP contribution in [0.15, 0.2) is 46.9 Å². The lowest BCUT2D eigenvalue weighted by Gasteiger charge is -2.22. The number of likely N-dealkylation sites (N-methyl/N-ethyl adjacent to an activating group) is 1. The molecule has 1 N–H and O–H groups in total. The van der Waals surface area contributed by atoms with Crippen molar-refractivity contribution in [1.29, 1.82) is 0 Å². The van der Waals surface area contributed by atoms with Crippen LogP contribution in [-0.2, 0) is 0 Å². The lowest BCUT2D eigenvalue weighted by atomic mass is 10.2. The van der Waals surface area contributed by atoms with Gasteiger partial charge in [0.1, 0.15) is 5.75 Å². The summed E-state index contributed by atoms with van der Waals surface area (Å²) in [4.78, 5) is 14.1. The fraction of sp³-hybridized carbons (Fsp3) is 0.312. The third-order valence-electron chi connectivity index (χ3n) is 3.66. The van der Waals surface area contributed by atoms with E-state index in [9.17, 15) is 4.79 Å². The Balaban J connectivity index is 1.68. The molecule has 1 amide bonds. The first-order valence-electron chi connectivity index (χ1n) is 7.04. The van der Waals surface area contributed by atoms with Gasteiger partial charge in [-0.3, -0.25) is 4.79 Å². The highest BCUT2D eigenvalue weighted by Crippen LogP contribution is 2.24. The minimum Gasteiger partial charge on any atom is -0.426 e. The normalized spacial score (nSPS) is 17.7. The Morgan fingerprint density at radius 3 is 2.81 bits per heavy atom. The Hall–Kier alpha value is -2.27. The van der Waals surface area contributed by atoms with Crippen LogP contribution in [0.2, 0.25) is 0 Å². The lowest BCUT2D eigenvalue weighted by Crippen LogP contribution is -2.38. The van der Waals surface area contributed by atoms with E-state index in [0.717, 1.165) is 19.5 Å². The molecule has 21 heavy (non-hydrogen) atoms. The van der Waals surface area contributed by atoms with E-state index in [2.05, 4.69) is 5.32 Å². The fourth-order valence-electron chi connectivity index (χ4n) is 2.40. The second kappa shape index (κ2) is 6.01. The Morgan fingerprint density at radius 2 is 2.10 bits per heavy atom. The number of rotatable bonds is 4. The summed E-state index contributed by atoms with van der Waals surface area (Å²) in [6.07, 6.45) is 0.969. The smallest absolute Gasteiger partial charge is 0.290 e. The molecule has 1 aromatic carbocycles. The predicted octanol–water partition coefficient (Wildman–Crippen LogP) is 2.51. The second-order valence-electron chi connectivity index (χ2n) is 5.10. The molecule has 3 rings (SSSR count). The van der Waals surface area contributed by atoms with Gasteiger partial charge in [0.2, 0.25) is 0 Å². The lowest BCUT2D eigenvalue weighted by molar-refractivity contribution is 0.0706. The van der Waals surface area contributed by atoms with Crippen LogP contribution in [0.4, 0.5) is 0 Å². The third-order valence-corrected chi connectivity index (χ3v) is 3.66. The van der Waals surface area contributed by atoms with Crippen molar-refractivity contribution in [2.45, 2.75) is 12.5 Å². The largest absolute Gasteiger partial charge is 0.426 e. The Kier molecular flexibility index (Phi) is 3.92. The van der Waals surface area contributed by atoms with Crippen molar-refractivity contribution in [1.82, 2.24) is 10.2 Å². The zero-order valence-corrected chi connectivity index (χ0v) is 11.9. The van der Waals surface area contributed by atoms with E-state index in [4.69, 9.17) is 9.15 Å². The van der Waals surface area contributed by atoms with Crippen LogP contribution in [0.25, 0.3) is 0 Å². The molecule has 1 aromatic heterocycles. The Labute approximate surface area is 123 Å². The van der Waals surface area contributed by atoms with E-state index in [1.165, 1.54) is 0 Å². The highest BCUT2D eigenvalue weighted by Gasteiger charge is 2.26. The van der Waals surface area contributed by atoms with Gasteiger partial charge < -0.3 is 19.4 Å². The van der Waals surface area contributed by atoms with E-state index in [1.807, 2.05) is 30.3 Å². The van der Waals surface area contributed by atoms with Gasteiger partial charge in [0.05, 0.1) is 0 Å². The van der Waals surface area contributed by atoms with Crippen LogP contribution in [0.3, 0.4) is 0 Å². The predicted molar refractivity (Wildman–Crippen MR) is 78.6 cm³/mol. The molecule has 2 heterocycles. The summed E-state index contributed by atoms with van der Waals surface area (Å²) in [5.41, 5.74) is 0. The number of benzene rings is 1. The molecule has 5 heteroatoms. The Bertz CT molecular complexity index is 603. The quantitative estimate of drug-likeness (QED) is 0.938. The van der Waals surface area contributed by atoms with E-state index >= 15 is 0 Å². The molecule has 2 aromatic rings. The van der Waals surface area contributed by atoms with E-state index in [0.29, 0.717) is 17.5 Å². The minimum absolute atomic E-state index is 0.119. The number of ether oxygens (including phenoxy) is 1. The number of nitrogens with one attached hydrogen (secondary N) is 1. The molecule has 5 nitrogen and oxygen atoms in total. The first kappa shape index (κ1) is 13.7. The number of furan rings is 1. The second-order valence-corrected chi connectivity index (χ2v) is 5.10. The maximum absolute atomic E-state index is 12.3. The number of carbonyl (C=O) groups excluding carboxylic acids is 1. The zero-order chi connectivity index (χ0) is 14.7. The Morgan fingerprint density at radius 1 is 1.29 bits per heavy atom. The van der Waals surface area contributed by atoms with Gasteiger partial charge in [-0.25, -0.2) is 0 Å². The van der Waals surface area contributed by atoms with E-state index < -0.39 is 0 Å². The molecule has 1 aliphatic heterocycles. The number of hydrogen-bond donors (Lipinski definition) is 1. The molecule has 0 spiro atoms. The van der Waals surface area contributed by atoms with Crippen molar-refractivity contribution in [2.24, 2.45) is 0 Å². The molecule has 1 saturated heterocycles. The van der Waals surface area contributed by atoms with Crippen molar-refractivity contribution in [3.8, 4) is 11.7 Å². The molecule has 1 fully saturated rings. The first-order valence-corrected chi connectivity index (χ1v) is 7.04. The van der Waals surface area contributed by atoms with Crippen LogP contribution >= 0.6 is 0 Å². The maximum Gasteiger partial charge on any atom is 0.290 e. The van der Waals surface area contributed by atoms with Gasteiger partial charge in [-0.15, -0.1) is 0 Å². The molecule has 110 valence electrons. The summed E-state index contributed by atoms with van der Waals surface area (Å²) in [6, 6.07) is 12.9. The first-order chi connectivity index (χ1) is 10.2. The molecule has 1 unspecified atom stereocenters. The topological polar surface area (TPSA) is 54.7 Å². The summed E-state index contributed by atoms with van der Waals surface area (Å²) < 4.78 is 11.1. The van der Waals surface area contributed by atoms with Gasteiger partial charge >= 0.3 is 0 Å². The van der Waals surface area contributed by atoms with Gasteiger partial charge in [0.25, 0.3) is 11.9 Å². The van der Waals surface area contributed by atoms with Gasteiger partial charge in [0, 0.05) is 25.7 Å². The number of carbonyl (C=O) groups is 1. The highest BCUT2D eigenvalue weighted by atomic mass is 16.6. The monoisotopic (exact) mass is 286 g/mol. The molecule has 1 atom stereocenters. The molecule has 0 saturated carbocycles. The SMILES string of the molecule is CN(C(=O)c1ccc(Oc2ccccc2)o1)C1CCNC1. The van der Waals surface area contributed by atoms with Crippen molar-refractivity contribution < 1.29 is 13.9 Å². The van der Waals surface area contributed by atoms with Crippen LogP contribution in [0.5, 0.6) is 11.7 Å². The van der Waals surface area contributed by atoms with Crippen molar-refractivity contribution in [2.75, 3.05) is 20.1 Å². The van der Waals surface area contributed by atoms with Crippen LogP contribution in [-0.4, -0.2) is 37.0 Å². The molecule has 1 aliphatic rings. The van der Waals surface area contributed by atoms with E-state index in [-0.39, 0.29) is 11.9 Å². The summed E-state index contributed by atoms with van der Waals surface area (Å²) in [6.45, 7) is 1.78. The molecule has 0 aliphatic carbocycles. The van der Waals surface area contributed by atoms with Crippen molar-refractivity contribution >= 4 is 5.91 Å². The third kappa shape index (κ3) is 3.08. The van der Waals surface area contributed by atoms with Crippen molar-refractivity contribution in [3.05, 3.63) is 48.2 Å². The van der Waals surface area contributed by atoms with E-state index in [1.54, 1.807) is 24.1 Å². The molecule has 0 bridgehead atoms. The summed E-state index contributed by atoms with van der Waals surface area (Å²) in [7, 11) is 1.81. The van der Waals surface area contributed by atoms with Gasteiger partial charge in [-0.2, -0.15) is 0 Å². The zero-order valence-electron chi connectivity index (χ0n) is 11.9. The highest BCUT2D eigenvalue weighted by molar-refractivity contribution is 5.91. The van der Waals surface area contributed by atoms with Gasteiger partial charge in [0.15, 0.2) is 5.76 Å². The van der Waals surface area contributed by atoms with Crippen molar-refractivity contribution in [3.63, 3.8) is 0 Å². The molecular weight excluding hydrogens is 268 g/mol. The number of para-hydroxylation sites is 1. The van der Waals surface area contributed by atoms with Crippen LogP contribution in [0.1, 0.15) is 17.0 Å².